The van der Waals surface area contributed by atoms with E-state index in [1.165, 1.54) is 111 Å². The molecule has 0 fully saturated rings. The molecule has 16 amide bonds. The lowest BCUT2D eigenvalue weighted by Crippen LogP contribution is -2.59. The minimum absolute atomic E-state index is 0.122. The zero-order valence-corrected chi connectivity index (χ0v) is 52.5. The lowest BCUT2D eigenvalue weighted by atomic mass is 10.1. The van der Waals surface area contributed by atoms with Gasteiger partial charge in [-0.25, -0.2) is 4.79 Å². The van der Waals surface area contributed by atoms with Crippen molar-refractivity contribution < 1.29 is 86.6 Å². The number of nitrogens with one attached hydrogen (secondary N) is 16. The summed E-state index contributed by atoms with van der Waals surface area (Å²) in [6.45, 7) is 21.1. The highest BCUT2D eigenvalue weighted by Crippen LogP contribution is 2.03. The Hall–Kier alpha value is -9.05. The fraction of sp³-hybridized carbons (Fsp3) is 0.679. The maximum Gasteiger partial charge on any atom is 0.326 e. The van der Waals surface area contributed by atoms with Crippen LogP contribution in [0.15, 0.2) is 0 Å². The van der Waals surface area contributed by atoms with E-state index in [2.05, 4.69) is 85.1 Å². The van der Waals surface area contributed by atoms with Crippen molar-refractivity contribution >= 4 is 100 Å². The third-order valence-corrected chi connectivity index (χ3v) is 12.9. The van der Waals surface area contributed by atoms with Crippen LogP contribution in [-0.4, -0.2) is 209 Å². The van der Waals surface area contributed by atoms with E-state index in [1.807, 2.05) is 0 Å². The SMILES string of the molecule is CC(=O)N[C@@H](C)C(=O)N[C@H](C)C(=O)N[C@@H](C)C(=O)N[C@H](C)C(=O)N[C@@H](C)C(=O)N[C@H](C)C(=O)N[C@@H](C)C(=O)N[C@@H](C)C(=O)N[C@@H](C)C(=O)N[C@H](C)C(=O)N[C@@H](C)C(=O)N[C@H](C)C(=O)N[C@@H](C)C(=O)N[C@@H](C)C(=O)N[C@H](C)C(=O)N[C@@H](CCCCN)C(=O)O. The van der Waals surface area contributed by atoms with Crippen LogP contribution in [0.3, 0.4) is 0 Å². The number of carbonyl (C=O) groups is 17. The van der Waals surface area contributed by atoms with Crippen molar-refractivity contribution in [2.45, 2.75) is 227 Å². The first kappa shape index (κ1) is 79.0. The number of rotatable bonds is 36. The van der Waals surface area contributed by atoms with Crippen molar-refractivity contribution in [3.05, 3.63) is 0 Å². The van der Waals surface area contributed by atoms with Gasteiger partial charge in [0.15, 0.2) is 0 Å². The molecule has 0 aromatic carbocycles. The Morgan fingerprint density at radius 3 is 0.511 bits per heavy atom. The number of hydrogen-bond acceptors (Lipinski definition) is 18. The average molecular weight is 1250 g/mol. The fourth-order valence-electron chi connectivity index (χ4n) is 7.07. The van der Waals surface area contributed by atoms with E-state index in [0.29, 0.717) is 19.4 Å². The Kier molecular flexibility index (Phi) is 34.3. The molecule has 35 nitrogen and oxygen atoms in total. The lowest BCUT2D eigenvalue weighted by Gasteiger charge is -2.24. The molecule has 88 heavy (non-hydrogen) atoms. The summed E-state index contributed by atoms with van der Waals surface area (Å²) in [5.74, 6) is -13.8. The molecule has 0 bridgehead atoms. The van der Waals surface area contributed by atoms with Gasteiger partial charge >= 0.3 is 5.97 Å². The summed E-state index contributed by atoms with van der Waals surface area (Å²) in [4.78, 5) is 215. The molecule has 0 unspecified atom stereocenters. The minimum Gasteiger partial charge on any atom is -0.480 e. The zero-order chi connectivity index (χ0) is 68.2. The standard InChI is InChI=1S/C53H91N17O18/c1-21(55-36(16)71)38(72)56-22(2)39(73)57-23(3)40(74)58-24(4)41(75)59-25(5)42(76)60-26(6)43(77)61-27(7)44(78)62-28(8)45(79)63-29(9)46(80)64-30(10)47(81)65-31(11)48(82)66-32(12)49(83)67-33(13)50(84)68-34(14)51(85)69-35(15)52(86)70-37(53(87)88)19-17-18-20-54/h21-35,37H,17-20,54H2,1-16H3,(H,55,71)(H,56,72)(H,57,73)(H,58,74)(H,59,75)(H,60,76)(H,61,77)(H,62,78)(H,63,79)(H,64,80)(H,65,81)(H,66,82)(H,67,83)(H,68,84)(H,69,85)(H,70,86)(H,87,88)/t21-,22+,23-,24+,25-,26+,27-,28-,29-,30+,31-,32+,33-,34-,35+,37-/m0/s1. The number of aliphatic carboxylic acids is 1. The molecule has 0 radical (unpaired) electrons. The Labute approximate surface area is 509 Å². The van der Waals surface area contributed by atoms with Crippen LogP contribution in [0.5, 0.6) is 0 Å². The maximum atomic E-state index is 13.0. The van der Waals surface area contributed by atoms with Gasteiger partial charge in [-0.2, -0.15) is 0 Å². The molecular formula is C53H91N17O18. The van der Waals surface area contributed by atoms with E-state index in [0.717, 1.165) is 0 Å². The normalized spacial score (nSPS) is 16.3. The highest BCUT2D eigenvalue weighted by atomic mass is 16.4. The van der Waals surface area contributed by atoms with E-state index in [-0.39, 0.29) is 6.42 Å². The number of carboxylic acids is 1. The molecule has 35 heteroatoms. The van der Waals surface area contributed by atoms with Crippen LogP contribution < -0.4 is 90.8 Å². The van der Waals surface area contributed by atoms with Crippen LogP contribution in [0.2, 0.25) is 0 Å². The second-order valence-corrected chi connectivity index (χ2v) is 21.3. The molecule has 0 aromatic heterocycles. The maximum absolute atomic E-state index is 13.0. The quantitative estimate of drug-likeness (QED) is 0.0259. The predicted molar refractivity (Wildman–Crippen MR) is 312 cm³/mol. The van der Waals surface area contributed by atoms with Gasteiger partial charge < -0.3 is 95.9 Å². The van der Waals surface area contributed by atoms with Crippen molar-refractivity contribution in [1.29, 1.82) is 0 Å². The number of hydrogen-bond donors (Lipinski definition) is 18. The molecule has 0 aromatic rings. The van der Waals surface area contributed by atoms with Gasteiger partial charge in [-0.1, -0.05) is 0 Å². The van der Waals surface area contributed by atoms with Gasteiger partial charge in [0.05, 0.1) is 0 Å². The monoisotopic (exact) mass is 1250 g/mol. The number of amides is 16. The zero-order valence-electron chi connectivity index (χ0n) is 52.5. The van der Waals surface area contributed by atoms with Crippen LogP contribution in [0.4, 0.5) is 0 Å². The molecule has 19 N–H and O–H groups in total. The fourth-order valence-corrected chi connectivity index (χ4v) is 7.07. The second kappa shape index (κ2) is 38.2. The van der Waals surface area contributed by atoms with Crippen LogP contribution in [0.1, 0.15) is 130 Å². The van der Waals surface area contributed by atoms with Crippen molar-refractivity contribution in [2.75, 3.05) is 6.54 Å². The first-order chi connectivity index (χ1) is 40.6. The van der Waals surface area contributed by atoms with E-state index >= 15 is 0 Å². The highest BCUT2D eigenvalue weighted by molar-refractivity contribution is 6.00. The smallest absolute Gasteiger partial charge is 0.326 e. The summed E-state index contributed by atoms with van der Waals surface area (Å²) in [7, 11) is 0. The topological polar surface area (TPSA) is 529 Å². The number of unbranched alkanes of at least 4 members (excludes halogenated alkanes) is 1. The van der Waals surface area contributed by atoms with Gasteiger partial charge in [0.1, 0.15) is 96.7 Å². The first-order valence-electron chi connectivity index (χ1n) is 28.4. The van der Waals surface area contributed by atoms with Gasteiger partial charge in [-0.15, -0.1) is 0 Å². The predicted octanol–water partition coefficient (Wildman–Crippen LogP) is -7.72. The number of carbonyl (C=O) groups excluding carboxylic acids is 16. The van der Waals surface area contributed by atoms with Crippen LogP contribution in [0, 0.1) is 0 Å². The summed E-state index contributed by atoms with van der Waals surface area (Å²) >= 11 is 0. The molecule has 0 aliphatic rings. The van der Waals surface area contributed by atoms with E-state index in [9.17, 15) is 86.6 Å². The lowest BCUT2D eigenvalue weighted by molar-refractivity contribution is -0.142. The summed E-state index contributed by atoms with van der Waals surface area (Å²) in [6, 6.07) is -19.4. The van der Waals surface area contributed by atoms with E-state index < -0.39 is 197 Å². The van der Waals surface area contributed by atoms with Crippen LogP contribution in [-0.2, 0) is 81.5 Å². The van der Waals surface area contributed by atoms with Crippen LogP contribution >= 0.6 is 0 Å². The largest absolute Gasteiger partial charge is 0.480 e. The van der Waals surface area contributed by atoms with Crippen molar-refractivity contribution in [2.24, 2.45) is 5.73 Å². The summed E-state index contributed by atoms with van der Waals surface area (Å²) < 4.78 is 0. The minimum atomic E-state index is -1.28. The van der Waals surface area contributed by atoms with Gasteiger partial charge in [-0.3, -0.25) is 76.7 Å². The molecular weight excluding hydrogens is 1160 g/mol. The number of carboxylic acid groups (broad SMARTS) is 1. The highest BCUT2D eigenvalue weighted by Gasteiger charge is 2.32. The average Bonchev–Trinajstić information content (AvgIpc) is 3.56. The molecule has 0 aliphatic heterocycles. The molecule has 0 rings (SSSR count). The summed E-state index contributed by atoms with van der Waals surface area (Å²) in [5, 5.41) is 47.4. The van der Waals surface area contributed by atoms with E-state index in [4.69, 9.17) is 5.73 Å². The molecule has 496 valence electrons. The second-order valence-electron chi connectivity index (χ2n) is 21.3. The number of nitrogens with two attached hydrogens (primary N) is 1. The Balaban J connectivity index is 5.01. The molecule has 0 saturated heterocycles. The third kappa shape index (κ3) is 28.9. The van der Waals surface area contributed by atoms with Crippen molar-refractivity contribution in [3.63, 3.8) is 0 Å². The van der Waals surface area contributed by atoms with Gasteiger partial charge in [0, 0.05) is 6.92 Å². The molecule has 0 heterocycles. The van der Waals surface area contributed by atoms with E-state index in [1.54, 1.807) is 0 Å². The first-order valence-corrected chi connectivity index (χ1v) is 28.4. The summed E-state index contributed by atoms with van der Waals surface area (Å²) in [6.07, 6.45) is 1.12. The van der Waals surface area contributed by atoms with Gasteiger partial charge in [0.2, 0.25) is 94.5 Å². The Morgan fingerprint density at radius 2 is 0.386 bits per heavy atom. The molecule has 16 atom stereocenters. The van der Waals surface area contributed by atoms with Crippen molar-refractivity contribution in [1.82, 2.24) is 85.1 Å². The van der Waals surface area contributed by atoms with Gasteiger partial charge in [-0.05, 0) is 130 Å². The summed E-state index contributed by atoms with van der Waals surface area (Å²) in [5.41, 5.74) is 5.44. The van der Waals surface area contributed by atoms with Crippen LogP contribution in [0.25, 0.3) is 0 Å². The van der Waals surface area contributed by atoms with Gasteiger partial charge in [0.25, 0.3) is 0 Å². The van der Waals surface area contributed by atoms with Crippen molar-refractivity contribution in [3.8, 4) is 0 Å². The molecule has 0 saturated carbocycles. The third-order valence-electron chi connectivity index (χ3n) is 12.9. The molecule has 0 aliphatic carbocycles. The Morgan fingerprint density at radius 1 is 0.250 bits per heavy atom. The Bertz CT molecular complexity index is 2570. The molecule has 0 spiro atoms.